The van der Waals surface area contributed by atoms with E-state index in [-0.39, 0.29) is 19.0 Å². The Morgan fingerprint density at radius 2 is 1.88 bits per heavy atom. The highest BCUT2D eigenvalue weighted by atomic mass is 19.4. The molecule has 17 heavy (non-hydrogen) atoms. The van der Waals surface area contributed by atoms with Gasteiger partial charge in [0.1, 0.15) is 0 Å². The van der Waals surface area contributed by atoms with Crippen molar-refractivity contribution >= 4 is 5.91 Å². The first-order valence-electron chi connectivity index (χ1n) is 5.39. The molecule has 0 aliphatic carbocycles. The Hall–Kier alpha value is -1.52. The van der Waals surface area contributed by atoms with Crippen LogP contribution in [0.15, 0.2) is 30.3 Å². The number of carbonyl (C=O) groups excluding carboxylic acids is 1. The molecule has 92 valence electrons. The Kier molecular flexibility index (Phi) is 3.09. The summed E-state index contributed by atoms with van der Waals surface area (Å²) >= 11 is 0. The molecule has 0 unspecified atom stereocenters. The number of likely N-dealkylation sites (tertiary alicyclic amines) is 1. The predicted molar refractivity (Wildman–Crippen MR) is 56.4 cm³/mol. The molecule has 1 amide bonds. The number of rotatable bonds is 1. The van der Waals surface area contributed by atoms with Crippen LogP contribution in [0.4, 0.5) is 13.2 Å². The van der Waals surface area contributed by atoms with Gasteiger partial charge in [-0.05, 0) is 12.0 Å². The fourth-order valence-corrected chi connectivity index (χ4v) is 2.12. The molecular weight excluding hydrogens is 231 g/mol. The van der Waals surface area contributed by atoms with Gasteiger partial charge in [0.05, 0.1) is 0 Å². The minimum atomic E-state index is -4.76. The van der Waals surface area contributed by atoms with Gasteiger partial charge >= 0.3 is 12.1 Å². The van der Waals surface area contributed by atoms with Gasteiger partial charge in [-0.25, -0.2) is 0 Å². The molecule has 0 N–H and O–H groups in total. The van der Waals surface area contributed by atoms with Crippen molar-refractivity contribution in [3.8, 4) is 0 Å². The molecule has 1 saturated heterocycles. The summed E-state index contributed by atoms with van der Waals surface area (Å²) in [6, 6.07) is 9.32. The normalized spacial score (nSPS) is 20.6. The van der Waals surface area contributed by atoms with E-state index in [1.807, 2.05) is 30.3 Å². The van der Waals surface area contributed by atoms with Gasteiger partial charge in [-0.2, -0.15) is 13.2 Å². The predicted octanol–water partition coefficient (Wildman–Crippen LogP) is 2.56. The lowest BCUT2D eigenvalue weighted by molar-refractivity contribution is -0.184. The molecule has 1 aliphatic rings. The number of hydrogen-bond acceptors (Lipinski definition) is 1. The van der Waals surface area contributed by atoms with E-state index in [1.54, 1.807) is 0 Å². The monoisotopic (exact) mass is 243 g/mol. The second-order valence-corrected chi connectivity index (χ2v) is 4.15. The third kappa shape index (κ3) is 2.60. The third-order valence-corrected chi connectivity index (χ3v) is 2.99. The summed E-state index contributed by atoms with van der Waals surface area (Å²) in [5.74, 6) is -1.71. The van der Waals surface area contributed by atoms with Crippen LogP contribution in [0.25, 0.3) is 0 Å². The summed E-state index contributed by atoms with van der Waals surface area (Å²) in [5.41, 5.74) is 0.991. The lowest BCUT2D eigenvalue weighted by Crippen LogP contribution is -2.39. The van der Waals surface area contributed by atoms with E-state index in [0.717, 1.165) is 10.5 Å². The van der Waals surface area contributed by atoms with E-state index in [0.29, 0.717) is 6.42 Å². The van der Waals surface area contributed by atoms with Crippen molar-refractivity contribution in [3.05, 3.63) is 35.9 Å². The third-order valence-electron chi connectivity index (χ3n) is 2.99. The van der Waals surface area contributed by atoms with Crippen LogP contribution in [0.1, 0.15) is 17.9 Å². The highest BCUT2D eigenvalue weighted by Crippen LogP contribution is 2.29. The molecule has 2 rings (SSSR count). The topological polar surface area (TPSA) is 20.3 Å². The Bertz CT molecular complexity index is 402. The molecule has 1 aromatic rings. The van der Waals surface area contributed by atoms with E-state index in [4.69, 9.17) is 0 Å². The fraction of sp³-hybridized carbons (Fsp3) is 0.417. The smallest absolute Gasteiger partial charge is 0.334 e. The molecule has 0 spiro atoms. The first kappa shape index (κ1) is 12.0. The summed E-state index contributed by atoms with van der Waals surface area (Å²) in [5, 5.41) is 0. The molecule has 1 aromatic carbocycles. The summed E-state index contributed by atoms with van der Waals surface area (Å²) in [6.45, 7) is 0.334. The zero-order chi connectivity index (χ0) is 12.5. The summed E-state index contributed by atoms with van der Waals surface area (Å²) in [6.07, 6.45) is -4.17. The molecule has 1 fully saturated rings. The van der Waals surface area contributed by atoms with E-state index in [9.17, 15) is 18.0 Å². The van der Waals surface area contributed by atoms with E-state index in [2.05, 4.69) is 0 Å². The number of halogens is 3. The second kappa shape index (κ2) is 4.39. The van der Waals surface area contributed by atoms with Gasteiger partial charge in [0.15, 0.2) is 0 Å². The van der Waals surface area contributed by atoms with Crippen LogP contribution in [-0.4, -0.2) is 30.1 Å². The minimum absolute atomic E-state index is 0.0162. The fourth-order valence-electron chi connectivity index (χ4n) is 2.12. The van der Waals surface area contributed by atoms with E-state index < -0.39 is 12.1 Å². The van der Waals surface area contributed by atoms with Crippen molar-refractivity contribution in [2.24, 2.45) is 0 Å². The highest BCUT2D eigenvalue weighted by Gasteiger charge is 2.44. The highest BCUT2D eigenvalue weighted by molar-refractivity contribution is 5.82. The largest absolute Gasteiger partial charge is 0.471 e. The van der Waals surface area contributed by atoms with Crippen molar-refractivity contribution in [1.29, 1.82) is 0 Å². The molecule has 0 saturated carbocycles. The SMILES string of the molecule is O=C(N1CC[C@@H](c2ccccc2)C1)C(F)(F)F. The molecule has 5 heteroatoms. The first-order chi connectivity index (χ1) is 7.98. The van der Waals surface area contributed by atoms with E-state index >= 15 is 0 Å². The van der Waals surface area contributed by atoms with Gasteiger partial charge in [0.25, 0.3) is 0 Å². The summed E-state index contributed by atoms with van der Waals surface area (Å²) in [7, 11) is 0. The molecule has 2 nitrogen and oxygen atoms in total. The first-order valence-corrected chi connectivity index (χ1v) is 5.39. The number of amides is 1. The van der Waals surface area contributed by atoms with Crippen LogP contribution in [0.3, 0.4) is 0 Å². The van der Waals surface area contributed by atoms with Crippen molar-refractivity contribution in [2.45, 2.75) is 18.5 Å². The molecule has 0 radical (unpaired) electrons. The van der Waals surface area contributed by atoms with Crippen LogP contribution >= 0.6 is 0 Å². The van der Waals surface area contributed by atoms with Gasteiger partial charge in [-0.3, -0.25) is 4.79 Å². The van der Waals surface area contributed by atoms with Crippen LogP contribution < -0.4 is 0 Å². The van der Waals surface area contributed by atoms with Crippen LogP contribution in [0.5, 0.6) is 0 Å². The van der Waals surface area contributed by atoms with Crippen molar-refractivity contribution in [3.63, 3.8) is 0 Å². The number of carbonyl (C=O) groups is 1. The molecule has 1 aliphatic heterocycles. The summed E-state index contributed by atoms with van der Waals surface area (Å²) < 4.78 is 36.7. The van der Waals surface area contributed by atoms with Crippen LogP contribution in [0, 0.1) is 0 Å². The lowest BCUT2D eigenvalue weighted by Gasteiger charge is -2.18. The van der Waals surface area contributed by atoms with Gasteiger partial charge in [-0.1, -0.05) is 30.3 Å². The van der Waals surface area contributed by atoms with E-state index in [1.165, 1.54) is 0 Å². The average Bonchev–Trinajstić information content (AvgIpc) is 2.77. The summed E-state index contributed by atoms with van der Waals surface area (Å²) in [4.78, 5) is 11.9. The Morgan fingerprint density at radius 1 is 1.24 bits per heavy atom. The van der Waals surface area contributed by atoms with Crippen LogP contribution in [0.2, 0.25) is 0 Å². The number of nitrogens with zero attached hydrogens (tertiary/aromatic N) is 1. The maximum absolute atomic E-state index is 12.2. The number of benzene rings is 1. The zero-order valence-electron chi connectivity index (χ0n) is 9.07. The Morgan fingerprint density at radius 3 is 2.47 bits per heavy atom. The lowest BCUT2D eigenvalue weighted by atomic mass is 9.99. The second-order valence-electron chi connectivity index (χ2n) is 4.15. The van der Waals surface area contributed by atoms with Crippen molar-refractivity contribution in [2.75, 3.05) is 13.1 Å². The Labute approximate surface area is 97.0 Å². The van der Waals surface area contributed by atoms with Gasteiger partial charge in [0, 0.05) is 19.0 Å². The van der Waals surface area contributed by atoms with Crippen molar-refractivity contribution in [1.82, 2.24) is 4.90 Å². The number of alkyl halides is 3. The van der Waals surface area contributed by atoms with Gasteiger partial charge in [-0.15, -0.1) is 0 Å². The van der Waals surface area contributed by atoms with Gasteiger partial charge in [0.2, 0.25) is 0 Å². The Balaban J connectivity index is 2.04. The van der Waals surface area contributed by atoms with Crippen LogP contribution in [-0.2, 0) is 4.79 Å². The molecule has 1 heterocycles. The zero-order valence-corrected chi connectivity index (χ0v) is 9.07. The standard InChI is InChI=1S/C12H12F3NO/c13-12(14,15)11(17)16-7-6-10(8-16)9-4-2-1-3-5-9/h1-5,10H,6-8H2/t10-/m1/s1. The molecule has 0 aromatic heterocycles. The molecular formula is C12H12F3NO. The number of hydrogen-bond donors (Lipinski definition) is 0. The minimum Gasteiger partial charge on any atom is -0.334 e. The van der Waals surface area contributed by atoms with Crippen molar-refractivity contribution < 1.29 is 18.0 Å². The van der Waals surface area contributed by atoms with Gasteiger partial charge < -0.3 is 4.90 Å². The average molecular weight is 243 g/mol. The molecule has 1 atom stereocenters. The quantitative estimate of drug-likeness (QED) is 0.742. The maximum atomic E-state index is 12.2. The maximum Gasteiger partial charge on any atom is 0.471 e. The molecule has 0 bridgehead atoms.